The van der Waals surface area contributed by atoms with Gasteiger partial charge in [-0.1, -0.05) is 30.3 Å². The third-order valence-electron chi connectivity index (χ3n) is 5.46. The van der Waals surface area contributed by atoms with Gasteiger partial charge >= 0.3 is 6.03 Å². The number of carbonyl (C=O) groups excluding carboxylic acids is 2. The maximum atomic E-state index is 13.0. The number of imide groups is 1. The zero-order valence-corrected chi connectivity index (χ0v) is 15.2. The van der Waals surface area contributed by atoms with Crippen molar-refractivity contribution in [1.29, 1.82) is 0 Å². The summed E-state index contributed by atoms with van der Waals surface area (Å²) in [6.07, 6.45) is 2.70. The Morgan fingerprint density at radius 2 is 1.81 bits per heavy atom. The standard InChI is InChI=1S/C19H22N6O2/c1-23-16(26)19(25(18(23)27)13-14-5-3-2-4-6-14)8-11-24(12-9-19)17-21-10-7-15(20)22-17/h2-7,10H,8-9,11-13H2,1H3,(H2,20,21,22). The second-order valence-corrected chi connectivity index (χ2v) is 7.02. The lowest BCUT2D eigenvalue weighted by molar-refractivity contribution is -0.133. The monoisotopic (exact) mass is 366 g/mol. The number of aromatic nitrogens is 2. The first-order valence-electron chi connectivity index (χ1n) is 8.98. The highest BCUT2D eigenvalue weighted by Crippen LogP contribution is 2.38. The second kappa shape index (κ2) is 6.53. The molecule has 0 unspecified atom stereocenters. The number of urea groups is 1. The van der Waals surface area contributed by atoms with Gasteiger partial charge in [-0.15, -0.1) is 0 Å². The number of piperidine rings is 1. The Balaban J connectivity index is 1.58. The fourth-order valence-electron chi connectivity index (χ4n) is 3.94. The van der Waals surface area contributed by atoms with Crippen molar-refractivity contribution in [3.63, 3.8) is 0 Å². The van der Waals surface area contributed by atoms with Crippen LogP contribution in [0.5, 0.6) is 0 Å². The van der Waals surface area contributed by atoms with Crippen molar-refractivity contribution in [1.82, 2.24) is 19.8 Å². The minimum atomic E-state index is -0.807. The van der Waals surface area contributed by atoms with E-state index in [2.05, 4.69) is 9.97 Å². The summed E-state index contributed by atoms with van der Waals surface area (Å²) in [7, 11) is 1.56. The molecule has 1 aromatic carbocycles. The van der Waals surface area contributed by atoms with E-state index < -0.39 is 5.54 Å². The molecular formula is C19H22N6O2. The van der Waals surface area contributed by atoms with Gasteiger partial charge in [-0.25, -0.2) is 9.78 Å². The summed E-state index contributed by atoms with van der Waals surface area (Å²) in [5, 5.41) is 0. The minimum Gasteiger partial charge on any atom is -0.384 e. The number of likely N-dealkylation sites (N-methyl/N-ethyl adjacent to an activating group) is 1. The molecule has 4 rings (SSSR count). The molecule has 2 saturated heterocycles. The Morgan fingerprint density at radius 3 is 2.48 bits per heavy atom. The third-order valence-corrected chi connectivity index (χ3v) is 5.46. The number of anilines is 2. The van der Waals surface area contributed by atoms with E-state index >= 15 is 0 Å². The van der Waals surface area contributed by atoms with Gasteiger partial charge in [0.15, 0.2) is 0 Å². The van der Waals surface area contributed by atoms with Crippen LogP contribution >= 0.6 is 0 Å². The molecule has 0 radical (unpaired) electrons. The van der Waals surface area contributed by atoms with Gasteiger partial charge in [-0.2, -0.15) is 4.98 Å². The molecule has 3 amide bonds. The largest absolute Gasteiger partial charge is 0.384 e. The van der Waals surface area contributed by atoms with Crippen molar-refractivity contribution in [3.05, 3.63) is 48.2 Å². The van der Waals surface area contributed by atoms with Crippen molar-refractivity contribution in [2.75, 3.05) is 30.8 Å². The molecule has 2 aromatic rings. The number of nitrogens with zero attached hydrogens (tertiary/aromatic N) is 5. The van der Waals surface area contributed by atoms with Gasteiger partial charge in [-0.3, -0.25) is 9.69 Å². The zero-order valence-electron chi connectivity index (χ0n) is 15.2. The number of benzene rings is 1. The SMILES string of the molecule is CN1C(=O)N(Cc2ccccc2)C2(CCN(c3nccc(N)n3)CC2)C1=O. The molecule has 0 aliphatic carbocycles. The molecule has 0 atom stereocenters. The molecule has 2 aliphatic rings. The fraction of sp³-hybridized carbons (Fsp3) is 0.368. The summed E-state index contributed by atoms with van der Waals surface area (Å²) in [4.78, 5) is 39.3. The highest BCUT2D eigenvalue weighted by atomic mass is 16.2. The summed E-state index contributed by atoms with van der Waals surface area (Å²) in [5.41, 5.74) is 5.96. The normalized spacial score (nSPS) is 19.2. The van der Waals surface area contributed by atoms with Gasteiger partial charge in [0.2, 0.25) is 5.95 Å². The van der Waals surface area contributed by atoms with E-state index in [-0.39, 0.29) is 11.9 Å². The van der Waals surface area contributed by atoms with E-state index in [1.807, 2.05) is 35.2 Å². The van der Waals surface area contributed by atoms with Crippen molar-refractivity contribution < 1.29 is 9.59 Å². The van der Waals surface area contributed by atoms with Gasteiger partial charge in [0.05, 0.1) is 0 Å². The summed E-state index contributed by atoms with van der Waals surface area (Å²) in [6, 6.07) is 11.2. The first-order valence-corrected chi connectivity index (χ1v) is 8.98. The summed E-state index contributed by atoms with van der Waals surface area (Å²) >= 11 is 0. The van der Waals surface area contributed by atoms with Crippen molar-refractivity contribution in [2.24, 2.45) is 0 Å². The second-order valence-electron chi connectivity index (χ2n) is 7.02. The quantitative estimate of drug-likeness (QED) is 0.827. The average Bonchev–Trinajstić information content (AvgIpc) is 2.86. The van der Waals surface area contributed by atoms with Crippen LogP contribution in [-0.2, 0) is 11.3 Å². The number of rotatable bonds is 3. The first kappa shape index (κ1) is 17.3. The molecule has 8 nitrogen and oxygen atoms in total. The van der Waals surface area contributed by atoms with Crippen LogP contribution in [0.2, 0.25) is 0 Å². The molecule has 27 heavy (non-hydrogen) atoms. The maximum absolute atomic E-state index is 13.0. The average molecular weight is 366 g/mol. The summed E-state index contributed by atoms with van der Waals surface area (Å²) in [5.74, 6) is 0.846. The van der Waals surface area contributed by atoms with Gasteiger partial charge in [0.25, 0.3) is 5.91 Å². The molecular weight excluding hydrogens is 344 g/mol. The number of nitrogen functional groups attached to an aromatic ring is 1. The Labute approximate surface area is 157 Å². The Hall–Kier alpha value is -3.16. The topological polar surface area (TPSA) is 95.7 Å². The fourth-order valence-corrected chi connectivity index (χ4v) is 3.94. The zero-order chi connectivity index (χ0) is 19.0. The highest BCUT2D eigenvalue weighted by molar-refractivity contribution is 6.06. The molecule has 2 aliphatic heterocycles. The molecule has 140 valence electrons. The molecule has 3 heterocycles. The molecule has 1 spiro atoms. The van der Waals surface area contributed by atoms with Crippen LogP contribution in [-0.4, -0.2) is 57.4 Å². The van der Waals surface area contributed by atoms with Crippen LogP contribution in [0.4, 0.5) is 16.6 Å². The molecule has 0 saturated carbocycles. The van der Waals surface area contributed by atoms with Crippen LogP contribution in [0.25, 0.3) is 0 Å². The molecule has 1 aromatic heterocycles. The lowest BCUT2D eigenvalue weighted by atomic mass is 9.85. The Morgan fingerprint density at radius 1 is 1.11 bits per heavy atom. The Bertz CT molecular complexity index is 864. The molecule has 0 bridgehead atoms. The molecule has 2 fully saturated rings. The lowest BCUT2D eigenvalue weighted by Crippen LogP contribution is -2.56. The van der Waals surface area contributed by atoms with Crippen LogP contribution < -0.4 is 10.6 Å². The van der Waals surface area contributed by atoms with Gasteiger partial charge < -0.3 is 15.5 Å². The van der Waals surface area contributed by atoms with Gasteiger partial charge in [-0.05, 0) is 24.5 Å². The van der Waals surface area contributed by atoms with E-state index in [4.69, 9.17) is 5.73 Å². The van der Waals surface area contributed by atoms with Crippen molar-refractivity contribution in [3.8, 4) is 0 Å². The summed E-state index contributed by atoms with van der Waals surface area (Å²) in [6.45, 7) is 1.59. The van der Waals surface area contributed by atoms with E-state index in [0.29, 0.717) is 44.2 Å². The smallest absolute Gasteiger partial charge is 0.327 e. The minimum absolute atomic E-state index is 0.128. The van der Waals surface area contributed by atoms with Crippen molar-refractivity contribution in [2.45, 2.75) is 24.9 Å². The predicted molar refractivity (Wildman–Crippen MR) is 101 cm³/mol. The number of hydrogen-bond donors (Lipinski definition) is 1. The van der Waals surface area contributed by atoms with E-state index in [1.165, 1.54) is 4.90 Å². The Kier molecular flexibility index (Phi) is 4.18. The highest BCUT2D eigenvalue weighted by Gasteiger charge is 2.56. The molecule has 8 heteroatoms. The van der Waals surface area contributed by atoms with Crippen LogP contribution in [0.15, 0.2) is 42.6 Å². The number of carbonyl (C=O) groups is 2. The first-order chi connectivity index (χ1) is 13.0. The number of amides is 3. The maximum Gasteiger partial charge on any atom is 0.327 e. The predicted octanol–water partition coefficient (Wildman–Crippen LogP) is 1.49. The number of nitrogens with two attached hydrogens (primary N) is 1. The van der Waals surface area contributed by atoms with Gasteiger partial charge in [0.1, 0.15) is 11.4 Å². The lowest BCUT2D eigenvalue weighted by Gasteiger charge is -2.42. The number of hydrogen-bond acceptors (Lipinski definition) is 6. The summed E-state index contributed by atoms with van der Waals surface area (Å²) < 4.78 is 0. The van der Waals surface area contributed by atoms with Crippen LogP contribution in [0.1, 0.15) is 18.4 Å². The van der Waals surface area contributed by atoms with E-state index in [0.717, 1.165) is 5.56 Å². The van der Waals surface area contributed by atoms with E-state index in [9.17, 15) is 9.59 Å². The molecule has 2 N–H and O–H groups in total. The van der Waals surface area contributed by atoms with Crippen LogP contribution in [0.3, 0.4) is 0 Å². The van der Waals surface area contributed by atoms with Gasteiger partial charge in [0, 0.05) is 32.9 Å². The van der Waals surface area contributed by atoms with Crippen LogP contribution in [0, 0.1) is 0 Å². The third kappa shape index (κ3) is 2.87. The van der Waals surface area contributed by atoms with E-state index in [1.54, 1.807) is 24.2 Å². The van der Waals surface area contributed by atoms with Crippen molar-refractivity contribution >= 4 is 23.7 Å².